The maximum absolute atomic E-state index is 12.7. The van der Waals surface area contributed by atoms with Gasteiger partial charge in [0.2, 0.25) is 5.91 Å². The van der Waals surface area contributed by atoms with Gasteiger partial charge in [-0.3, -0.25) is 4.79 Å². The molecule has 1 aliphatic carbocycles. The molecule has 0 radical (unpaired) electrons. The predicted octanol–water partition coefficient (Wildman–Crippen LogP) is 1.41. The Balaban J connectivity index is 2.20. The highest BCUT2D eigenvalue weighted by Crippen LogP contribution is 2.37. The van der Waals surface area contributed by atoms with E-state index < -0.39 is 17.6 Å². The van der Waals surface area contributed by atoms with Crippen LogP contribution >= 0.6 is 11.8 Å². The van der Waals surface area contributed by atoms with E-state index in [2.05, 4.69) is 0 Å². The maximum atomic E-state index is 12.7. The van der Waals surface area contributed by atoms with Crippen LogP contribution in [0, 0.1) is 0 Å². The van der Waals surface area contributed by atoms with Crippen molar-refractivity contribution in [2.45, 2.75) is 62.4 Å². The molecular weight excluding hydrogens is 264 g/mol. The third-order valence-corrected chi connectivity index (χ3v) is 5.43. The lowest BCUT2D eigenvalue weighted by Crippen LogP contribution is -2.58. The summed E-state index contributed by atoms with van der Waals surface area (Å²) in [6, 6.07) is -0.713. The summed E-state index contributed by atoms with van der Waals surface area (Å²) in [6.07, 6.45) is 5.04. The van der Waals surface area contributed by atoms with Crippen LogP contribution in [0.5, 0.6) is 0 Å². The highest BCUT2D eigenvalue weighted by molar-refractivity contribution is 8.00. The Labute approximate surface area is 117 Å². The van der Waals surface area contributed by atoms with Gasteiger partial charge in [0.15, 0.2) is 0 Å². The number of carboxylic acids is 1. The first-order valence-corrected chi connectivity index (χ1v) is 8.00. The van der Waals surface area contributed by atoms with Gasteiger partial charge in [0.25, 0.3) is 0 Å². The first-order valence-electron chi connectivity index (χ1n) is 6.95. The maximum Gasteiger partial charge on any atom is 0.327 e. The van der Waals surface area contributed by atoms with Crippen LogP contribution < -0.4 is 5.73 Å². The van der Waals surface area contributed by atoms with E-state index in [-0.39, 0.29) is 11.3 Å². The van der Waals surface area contributed by atoms with Crippen molar-refractivity contribution in [3.8, 4) is 0 Å². The van der Waals surface area contributed by atoms with E-state index in [9.17, 15) is 14.7 Å². The molecule has 19 heavy (non-hydrogen) atoms. The summed E-state index contributed by atoms with van der Waals surface area (Å²) in [5, 5.41) is 9.27. The molecule has 1 amide bonds. The average molecular weight is 286 g/mol. The Hall–Kier alpha value is -0.750. The van der Waals surface area contributed by atoms with Crippen LogP contribution in [0.2, 0.25) is 0 Å². The van der Waals surface area contributed by atoms with Gasteiger partial charge in [-0.15, -0.1) is 11.8 Å². The van der Waals surface area contributed by atoms with Crippen LogP contribution in [-0.4, -0.2) is 44.6 Å². The predicted molar refractivity (Wildman–Crippen MR) is 74.8 cm³/mol. The fraction of sp³-hybridized carbons (Fsp3) is 0.846. The van der Waals surface area contributed by atoms with Crippen LogP contribution in [0.3, 0.4) is 0 Å². The van der Waals surface area contributed by atoms with Gasteiger partial charge >= 0.3 is 5.97 Å². The summed E-state index contributed by atoms with van der Waals surface area (Å²) < 4.78 is 0. The Morgan fingerprint density at radius 2 is 2.05 bits per heavy atom. The second-order valence-corrected chi connectivity index (χ2v) is 6.72. The number of thioether (sulfide) groups is 1. The monoisotopic (exact) mass is 286 g/mol. The highest BCUT2D eigenvalue weighted by atomic mass is 32.2. The molecule has 3 N–H and O–H groups in total. The molecule has 0 bridgehead atoms. The van der Waals surface area contributed by atoms with Crippen LogP contribution in [0.25, 0.3) is 0 Å². The molecule has 2 atom stereocenters. The van der Waals surface area contributed by atoms with Crippen molar-refractivity contribution >= 4 is 23.6 Å². The van der Waals surface area contributed by atoms with Crippen molar-refractivity contribution in [3.05, 3.63) is 0 Å². The summed E-state index contributed by atoms with van der Waals surface area (Å²) in [5.41, 5.74) is 5.38. The van der Waals surface area contributed by atoms with Crippen molar-refractivity contribution in [2.75, 3.05) is 5.75 Å². The largest absolute Gasteiger partial charge is 0.480 e. The van der Waals surface area contributed by atoms with Crippen molar-refractivity contribution < 1.29 is 14.7 Å². The number of carbonyl (C=O) groups is 2. The summed E-state index contributed by atoms with van der Waals surface area (Å²) >= 11 is 1.57. The van der Waals surface area contributed by atoms with Gasteiger partial charge in [-0.1, -0.05) is 26.2 Å². The lowest BCUT2D eigenvalue weighted by molar-refractivity contribution is -0.151. The molecule has 5 nitrogen and oxygen atoms in total. The minimum atomic E-state index is -0.916. The van der Waals surface area contributed by atoms with Gasteiger partial charge in [0.05, 0.1) is 10.9 Å². The molecule has 0 aromatic carbocycles. The molecule has 0 spiro atoms. The number of amides is 1. The molecule has 0 aromatic heterocycles. The minimum Gasteiger partial charge on any atom is -0.480 e. The normalized spacial score (nSPS) is 29.7. The van der Waals surface area contributed by atoms with Crippen LogP contribution in [-0.2, 0) is 9.59 Å². The number of carboxylic acid groups (broad SMARTS) is 1. The molecule has 2 aliphatic rings. The average Bonchev–Trinajstić information content (AvgIpc) is 2.96. The SMILES string of the molecule is CCCC1SCC(C(=O)O)N1C(=O)C1(N)CCCC1. The molecule has 6 heteroatoms. The second-order valence-electron chi connectivity index (χ2n) is 5.51. The Morgan fingerprint density at radius 3 is 2.58 bits per heavy atom. The molecule has 2 fully saturated rings. The molecule has 0 aromatic rings. The van der Waals surface area contributed by atoms with Gasteiger partial charge < -0.3 is 15.7 Å². The van der Waals surface area contributed by atoms with Gasteiger partial charge in [-0.05, 0) is 19.3 Å². The number of nitrogens with zero attached hydrogens (tertiary/aromatic N) is 1. The van der Waals surface area contributed by atoms with E-state index in [1.165, 1.54) is 0 Å². The van der Waals surface area contributed by atoms with E-state index in [0.717, 1.165) is 25.7 Å². The first-order chi connectivity index (χ1) is 8.99. The number of carbonyl (C=O) groups excluding carboxylic acids is 1. The quantitative estimate of drug-likeness (QED) is 0.816. The zero-order valence-corrected chi connectivity index (χ0v) is 12.1. The summed E-state index contributed by atoms with van der Waals surface area (Å²) in [6.45, 7) is 2.05. The number of hydrogen-bond donors (Lipinski definition) is 2. The molecule has 1 saturated heterocycles. The highest BCUT2D eigenvalue weighted by Gasteiger charge is 2.48. The lowest BCUT2D eigenvalue weighted by Gasteiger charge is -2.34. The van der Waals surface area contributed by atoms with Crippen molar-refractivity contribution in [2.24, 2.45) is 5.73 Å². The smallest absolute Gasteiger partial charge is 0.327 e. The van der Waals surface area contributed by atoms with E-state index in [1.54, 1.807) is 16.7 Å². The lowest BCUT2D eigenvalue weighted by atomic mass is 9.96. The van der Waals surface area contributed by atoms with E-state index in [1.807, 2.05) is 6.92 Å². The summed E-state index contributed by atoms with van der Waals surface area (Å²) in [4.78, 5) is 25.6. The summed E-state index contributed by atoms with van der Waals surface area (Å²) in [5.74, 6) is -0.594. The Bertz CT molecular complexity index is 369. The molecule has 2 unspecified atom stereocenters. The van der Waals surface area contributed by atoms with Crippen molar-refractivity contribution in [1.29, 1.82) is 0 Å². The number of hydrogen-bond acceptors (Lipinski definition) is 4. The van der Waals surface area contributed by atoms with Gasteiger partial charge in [-0.2, -0.15) is 0 Å². The standard InChI is InChI=1S/C13H22N2O3S/c1-2-5-10-15(9(8-19-10)11(16)17)12(18)13(14)6-3-4-7-13/h9-10H,2-8,14H2,1H3,(H,16,17). The van der Waals surface area contributed by atoms with Gasteiger partial charge in [-0.25, -0.2) is 4.79 Å². The van der Waals surface area contributed by atoms with Crippen LogP contribution in [0.1, 0.15) is 45.4 Å². The van der Waals surface area contributed by atoms with Crippen LogP contribution in [0.15, 0.2) is 0 Å². The third kappa shape index (κ3) is 2.74. The molecule has 1 aliphatic heterocycles. The zero-order valence-electron chi connectivity index (χ0n) is 11.3. The number of aliphatic carboxylic acids is 1. The topological polar surface area (TPSA) is 83.6 Å². The molecule has 108 valence electrons. The first kappa shape index (κ1) is 14.7. The molecular formula is C13H22N2O3S. The molecule has 1 saturated carbocycles. The van der Waals surface area contributed by atoms with Crippen LogP contribution in [0.4, 0.5) is 0 Å². The fourth-order valence-electron chi connectivity index (χ4n) is 2.97. The molecule has 1 heterocycles. The van der Waals surface area contributed by atoms with E-state index in [0.29, 0.717) is 18.6 Å². The molecule has 2 rings (SSSR count). The minimum absolute atomic E-state index is 0.0281. The van der Waals surface area contributed by atoms with Crippen molar-refractivity contribution in [3.63, 3.8) is 0 Å². The number of nitrogens with two attached hydrogens (primary N) is 1. The zero-order chi connectivity index (χ0) is 14.0. The second kappa shape index (κ2) is 5.71. The van der Waals surface area contributed by atoms with Gasteiger partial charge in [0, 0.05) is 5.75 Å². The summed E-state index contributed by atoms with van der Waals surface area (Å²) in [7, 11) is 0. The van der Waals surface area contributed by atoms with E-state index in [4.69, 9.17) is 5.73 Å². The van der Waals surface area contributed by atoms with Gasteiger partial charge in [0.1, 0.15) is 6.04 Å². The van der Waals surface area contributed by atoms with E-state index >= 15 is 0 Å². The Morgan fingerprint density at radius 1 is 1.42 bits per heavy atom. The third-order valence-electron chi connectivity index (χ3n) is 4.07. The van der Waals surface area contributed by atoms with Crippen molar-refractivity contribution in [1.82, 2.24) is 4.90 Å². The Kier molecular flexibility index (Phi) is 4.40. The number of rotatable bonds is 4. The fourth-order valence-corrected chi connectivity index (χ4v) is 4.49.